The molecule has 6 rings (SSSR count). The van der Waals surface area contributed by atoms with Crippen LogP contribution in [0.15, 0.2) is 54.6 Å². The number of piperidine rings is 1. The Kier molecular flexibility index (Phi) is 6.67. The number of likely N-dealkylation sites (tertiary alicyclic amines) is 1. The van der Waals surface area contributed by atoms with Crippen molar-refractivity contribution in [1.82, 2.24) is 19.8 Å². The molecule has 1 N–H and O–H groups in total. The Bertz CT molecular complexity index is 1510. The van der Waals surface area contributed by atoms with Crippen LogP contribution in [0.2, 0.25) is 0 Å². The fourth-order valence-corrected chi connectivity index (χ4v) is 6.04. The Morgan fingerprint density at radius 3 is 2.62 bits per heavy atom. The molecular formula is C32H37N5O2. The van der Waals surface area contributed by atoms with E-state index in [2.05, 4.69) is 81.3 Å². The van der Waals surface area contributed by atoms with Crippen molar-refractivity contribution < 1.29 is 9.53 Å². The smallest absolute Gasteiger partial charge is 0.320 e. The van der Waals surface area contributed by atoms with Gasteiger partial charge in [-0.1, -0.05) is 18.2 Å². The first-order chi connectivity index (χ1) is 18.9. The highest BCUT2D eigenvalue weighted by Crippen LogP contribution is 2.36. The van der Waals surface area contributed by atoms with Crippen molar-refractivity contribution in [3.8, 4) is 16.9 Å². The summed E-state index contributed by atoms with van der Waals surface area (Å²) in [7, 11) is 4.10. The van der Waals surface area contributed by atoms with Gasteiger partial charge < -0.3 is 24.4 Å². The Balaban J connectivity index is 1.28. The van der Waals surface area contributed by atoms with Crippen molar-refractivity contribution >= 4 is 22.8 Å². The van der Waals surface area contributed by atoms with Gasteiger partial charge in [-0.2, -0.15) is 0 Å². The molecule has 2 amide bonds. The van der Waals surface area contributed by atoms with Crippen molar-refractivity contribution in [3.63, 3.8) is 0 Å². The number of aryl methyl sites for hydroxylation is 2. The van der Waals surface area contributed by atoms with Crippen LogP contribution in [0, 0.1) is 13.8 Å². The van der Waals surface area contributed by atoms with Gasteiger partial charge in [0.05, 0.1) is 30.2 Å². The number of rotatable bonds is 3. The number of anilines is 1. The van der Waals surface area contributed by atoms with E-state index in [1.165, 1.54) is 11.3 Å². The first kappa shape index (κ1) is 25.3. The molecule has 3 heterocycles. The summed E-state index contributed by atoms with van der Waals surface area (Å²) in [6.07, 6.45) is 3.17. The average Bonchev–Trinajstić information content (AvgIpc) is 3.17. The molecule has 1 saturated heterocycles. The topological polar surface area (TPSA) is 64.7 Å². The third kappa shape index (κ3) is 4.93. The molecule has 1 atom stereocenters. The molecule has 1 aromatic heterocycles. The van der Waals surface area contributed by atoms with Gasteiger partial charge in [0.2, 0.25) is 0 Å². The normalized spacial score (nSPS) is 17.5. The molecule has 7 heteroatoms. The summed E-state index contributed by atoms with van der Waals surface area (Å²) in [6, 6.07) is 19.5. The van der Waals surface area contributed by atoms with E-state index in [9.17, 15) is 4.79 Å². The van der Waals surface area contributed by atoms with Crippen LogP contribution >= 0.6 is 0 Å². The number of hydrogen-bond donors (Lipinski definition) is 1. The van der Waals surface area contributed by atoms with Crippen LogP contribution in [0.25, 0.3) is 22.2 Å². The van der Waals surface area contributed by atoms with Crippen LogP contribution in [-0.4, -0.2) is 59.6 Å². The third-order valence-corrected chi connectivity index (χ3v) is 8.07. The van der Waals surface area contributed by atoms with E-state index in [4.69, 9.17) is 4.74 Å². The zero-order chi connectivity index (χ0) is 27.1. The number of nitrogens with zero attached hydrogens (tertiary/aromatic N) is 4. The molecule has 0 radical (unpaired) electrons. The molecule has 3 aromatic carbocycles. The largest absolute Gasteiger partial charge is 0.491 e. The maximum atomic E-state index is 14.0. The number of ether oxygens (including phenoxy) is 1. The first-order valence-electron chi connectivity index (χ1n) is 13.9. The molecule has 1 fully saturated rings. The van der Waals surface area contributed by atoms with E-state index in [1.807, 2.05) is 25.9 Å². The van der Waals surface area contributed by atoms with Gasteiger partial charge in [-0.15, -0.1) is 0 Å². The van der Waals surface area contributed by atoms with Crippen molar-refractivity contribution in [1.29, 1.82) is 0 Å². The van der Waals surface area contributed by atoms with Gasteiger partial charge in [0, 0.05) is 31.9 Å². The minimum Gasteiger partial charge on any atom is -0.491 e. The van der Waals surface area contributed by atoms with E-state index in [0.717, 1.165) is 70.7 Å². The lowest BCUT2D eigenvalue weighted by molar-refractivity contribution is 0.110. The summed E-state index contributed by atoms with van der Waals surface area (Å²) in [5.41, 5.74) is 8.77. The van der Waals surface area contributed by atoms with Crippen LogP contribution in [0.5, 0.6) is 5.75 Å². The van der Waals surface area contributed by atoms with Gasteiger partial charge in [0.1, 0.15) is 18.2 Å². The Hall–Kier alpha value is -4.00. The fraction of sp³-hybridized carbons (Fsp3) is 0.375. The van der Waals surface area contributed by atoms with E-state index in [0.29, 0.717) is 19.7 Å². The number of carbonyl (C=O) groups is 1. The molecule has 0 saturated carbocycles. The first-order valence-corrected chi connectivity index (χ1v) is 13.9. The monoisotopic (exact) mass is 523 g/mol. The van der Waals surface area contributed by atoms with Gasteiger partial charge in [-0.3, -0.25) is 0 Å². The maximum absolute atomic E-state index is 14.0. The number of imidazole rings is 1. The number of aromatic amines is 1. The zero-order valence-electron chi connectivity index (χ0n) is 23.3. The number of hydrogen-bond acceptors (Lipinski definition) is 4. The molecule has 2 aliphatic rings. The predicted octanol–water partition coefficient (Wildman–Crippen LogP) is 6.45. The number of nitrogens with one attached hydrogen (secondary N) is 1. The second kappa shape index (κ2) is 10.3. The lowest BCUT2D eigenvalue weighted by Gasteiger charge is -2.39. The summed E-state index contributed by atoms with van der Waals surface area (Å²) in [5, 5.41) is 0. The number of aromatic nitrogens is 2. The van der Waals surface area contributed by atoms with E-state index in [1.54, 1.807) is 0 Å². The van der Waals surface area contributed by atoms with Crippen LogP contribution in [0.4, 0.5) is 10.5 Å². The number of H-pyrrole nitrogens is 1. The van der Waals surface area contributed by atoms with E-state index in [-0.39, 0.29) is 12.1 Å². The molecule has 7 nitrogen and oxygen atoms in total. The van der Waals surface area contributed by atoms with Crippen molar-refractivity contribution in [2.75, 3.05) is 38.7 Å². The molecular weight excluding hydrogens is 486 g/mol. The highest BCUT2D eigenvalue weighted by atomic mass is 16.5. The Morgan fingerprint density at radius 2 is 1.82 bits per heavy atom. The highest BCUT2D eigenvalue weighted by Gasteiger charge is 2.32. The number of fused-ring (bicyclic) bond motifs is 2. The number of urea groups is 1. The summed E-state index contributed by atoms with van der Waals surface area (Å²) in [4.78, 5) is 28.1. The van der Waals surface area contributed by atoms with Gasteiger partial charge in [0.15, 0.2) is 0 Å². The molecule has 2 aliphatic heterocycles. The van der Waals surface area contributed by atoms with Crippen molar-refractivity contribution in [3.05, 3.63) is 77.1 Å². The third-order valence-electron chi connectivity index (χ3n) is 8.07. The van der Waals surface area contributed by atoms with E-state index < -0.39 is 0 Å². The van der Waals surface area contributed by atoms with E-state index >= 15 is 0 Å². The van der Waals surface area contributed by atoms with Crippen LogP contribution in [0.1, 0.15) is 47.8 Å². The van der Waals surface area contributed by atoms with Gasteiger partial charge >= 0.3 is 6.03 Å². The number of carbonyl (C=O) groups excluding carboxylic acids is 1. The lowest BCUT2D eigenvalue weighted by Crippen LogP contribution is -2.47. The Morgan fingerprint density at radius 1 is 1.00 bits per heavy atom. The van der Waals surface area contributed by atoms with Crippen LogP contribution < -0.4 is 9.64 Å². The average molecular weight is 524 g/mol. The number of amides is 2. The predicted molar refractivity (Wildman–Crippen MR) is 156 cm³/mol. The summed E-state index contributed by atoms with van der Waals surface area (Å²) in [6.45, 7) is 6.46. The molecule has 0 aliphatic carbocycles. The summed E-state index contributed by atoms with van der Waals surface area (Å²) < 4.78 is 6.23. The SMILES string of the molecule is Cc1nc2ccc(-c3cc(C)c4c(c3)CN(C(=O)N3CCCCC3c3ccc(N(C)C)cc3)CCO4)cc2[nH]1. The van der Waals surface area contributed by atoms with Crippen molar-refractivity contribution in [2.24, 2.45) is 0 Å². The molecule has 4 aromatic rings. The highest BCUT2D eigenvalue weighted by molar-refractivity contribution is 5.83. The second-order valence-corrected chi connectivity index (χ2v) is 11.1. The minimum atomic E-state index is 0.101. The standard InChI is InChI=1S/C32H37N5O2/c1-21-17-25(24-10-13-28-29(19-24)34-22(2)33-28)18-26-20-36(15-16-39-31(21)26)32(38)37-14-6-5-7-30(37)23-8-11-27(12-9-23)35(3)4/h8-13,17-19,30H,5-7,14-16,20H2,1-4H3,(H,33,34). The lowest BCUT2D eigenvalue weighted by atomic mass is 9.95. The quantitative estimate of drug-likeness (QED) is 0.335. The summed E-state index contributed by atoms with van der Waals surface area (Å²) in [5.74, 6) is 1.81. The molecule has 0 bridgehead atoms. The molecule has 39 heavy (non-hydrogen) atoms. The molecule has 202 valence electrons. The fourth-order valence-electron chi connectivity index (χ4n) is 6.04. The van der Waals surface area contributed by atoms with Crippen molar-refractivity contribution in [2.45, 2.75) is 45.7 Å². The Labute approximate surface area is 230 Å². The molecule has 0 spiro atoms. The van der Waals surface area contributed by atoms with Gasteiger partial charge in [0.25, 0.3) is 0 Å². The van der Waals surface area contributed by atoms with Crippen LogP contribution in [-0.2, 0) is 6.54 Å². The van der Waals surface area contributed by atoms with Gasteiger partial charge in [-0.25, -0.2) is 9.78 Å². The zero-order valence-corrected chi connectivity index (χ0v) is 23.3. The minimum absolute atomic E-state index is 0.101. The van der Waals surface area contributed by atoms with Crippen LogP contribution in [0.3, 0.4) is 0 Å². The maximum Gasteiger partial charge on any atom is 0.320 e. The number of benzene rings is 3. The second-order valence-electron chi connectivity index (χ2n) is 11.1. The summed E-state index contributed by atoms with van der Waals surface area (Å²) >= 11 is 0. The van der Waals surface area contributed by atoms with Gasteiger partial charge in [-0.05, 0) is 91.8 Å². The molecule has 1 unspecified atom stereocenters.